The number of nitrogens with zero attached hydrogens (tertiary/aromatic N) is 2. The zero-order valence-corrected chi connectivity index (χ0v) is 14.7. The molecule has 1 atom stereocenters. The third-order valence-corrected chi connectivity index (χ3v) is 4.32. The average molecular weight is 400 g/mol. The number of halogens is 3. The first-order chi connectivity index (χ1) is 12.9. The van der Waals surface area contributed by atoms with Crippen LogP contribution in [0.5, 0.6) is 5.75 Å². The van der Waals surface area contributed by atoms with Crippen molar-refractivity contribution in [2.24, 2.45) is 0 Å². The fourth-order valence-corrected chi connectivity index (χ4v) is 3.00. The fourth-order valence-electron chi connectivity index (χ4n) is 2.79. The number of alkyl halides is 2. The summed E-state index contributed by atoms with van der Waals surface area (Å²) in [5.74, 6) is -0.0497. The van der Waals surface area contributed by atoms with Crippen LogP contribution in [0.2, 0.25) is 5.02 Å². The van der Waals surface area contributed by atoms with Crippen LogP contribution >= 0.6 is 11.6 Å². The number of aromatic amines is 1. The van der Waals surface area contributed by atoms with Gasteiger partial charge < -0.3 is 20.3 Å². The number of anilines is 2. The zero-order chi connectivity index (χ0) is 19.4. The lowest BCUT2D eigenvalue weighted by Gasteiger charge is -2.19. The summed E-state index contributed by atoms with van der Waals surface area (Å²) in [4.78, 5) is 25.5. The molecular formula is C16H16ClF2N5O3. The Balaban J connectivity index is 1.56. The molecule has 1 aliphatic rings. The Hall–Kier alpha value is -2.88. The lowest BCUT2D eigenvalue weighted by atomic mass is 10.2. The molecule has 11 heteroatoms. The van der Waals surface area contributed by atoms with E-state index in [4.69, 9.17) is 11.6 Å². The number of benzene rings is 1. The van der Waals surface area contributed by atoms with Gasteiger partial charge in [0.25, 0.3) is 5.56 Å². The average Bonchev–Trinajstić information content (AvgIpc) is 3.05. The Morgan fingerprint density at radius 2 is 2.26 bits per heavy atom. The summed E-state index contributed by atoms with van der Waals surface area (Å²) in [7, 11) is 0. The minimum atomic E-state index is -2.94. The van der Waals surface area contributed by atoms with Crippen molar-refractivity contribution in [3.05, 3.63) is 45.8 Å². The normalized spacial score (nSPS) is 16.4. The monoisotopic (exact) mass is 399 g/mol. The molecule has 1 fully saturated rings. The summed E-state index contributed by atoms with van der Waals surface area (Å²) < 4.78 is 28.8. The quantitative estimate of drug-likeness (QED) is 0.717. The number of urea groups is 1. The number of H-pyrrole nitrogens is 1. The summed E-state index contributed by atoms with van der Waals surface area (Å²) in [6, 6.07) is 5.05. The molecule has 8 nitrogen and oxygen atoms in total. The molecule has 0 bridgehead atoms. The van der Waals surface area contributed by atoms with E-state index in [-0.39, 0.29) is 16.8 Å². The van der Waals surface area contributed by atoms with E-state index >= 15 is 0 Å². The highest BCUT2D eigenvalue weighted by Crippen LogP contribution is 2.25. The molecule has 3 N–H and O–H groups in total. The van der Waals surface area contributed by atoms with Crippen LogP contribution in [0.15, 0.2) is 35.3 Å². The van der Waals surface area contributed by atoms with Gasteiger partial charge in [-0.1, -0.05) is 17.7 Å². The molecule has 1 unspecified atom stereocenters. The van der Waals surface area contributed by atoms with Crippen LogP contribution in [-0.4, -0.2) is 42.0 Å². The molecule has 1 aromatic carbocycles. The maximum atomic E-state index is 12.3. The van der Waals surface area contributed by atoms with Crippen LogP contribution in [0.25, 0.3) is 0 Å². The summed E-state index contributed by atoms with van der Waals surface area (Å²) in [6.45, 7) is -1.90. The van der Waals surface area contributed by atoms with E-state index in [1.807, 2.05) is 4.90 Å². The van der Waals surface area contributed by atoms with E-state index in [9.17, 15) is 18.4 Å². The van der Waals surface area contributed by atoms with E-state index in [0.717, 1.165) is 0 Å². The smallest absolute Gasteiger partial charge is 0.387 e. The fraction of sp³-hybridized carbons (Fsp3) is 0.312. The number of carbonyl (C=O) groups excluding carboxylic acids is 1. The van der Waals surface area contributed by atoms with Crippen LogP contribution in [0.3, 0.4) is 0 Å². The topological polar surface area (TPSA) is 99.3 Å². The summed E-state index contributed by atoms with van der Waals surface area (Å²) in [5, 5.41) is 11.4. The van der Waals surface area contributed by atoms with Crippen LogP contribution in [0.1, 0.15) is 6.42 Å². The molecule has 1 aliphatic heterocycles. The molecule has 2 aromatic rings. The lowest BCUT2D eigenvalue weighted by molar-refractivity contribution is -0.0497. The second-order valence-electron chi connectivity index (χ2n) is 5.83. The third-order valence-electron chi connectivity index (χ3n) is 3.96. The summed E-state index contributed by atoms with van der Waals surface area (Å²) in [6.07, 6.45) is 2.10. The van der Waals surface area contributed by atoms with Gasteiger partial charge in [0.2, 0.25) is 0 Å². The molecule has 3 rings (SSSR count). The minimum absolute atomic E-state index is 0.0472. The van der Waals surface area contributed by atoms with Crippen LogP contribution < -0.4 is 25.8 Å². The van der Waals surface area contributed by atoms with Gasteiger partial charge in [-0.25, -0.2) is 9.89 Å². The molecule has 1 aromatic heterocycles. The van der Waals surface area contributed by atoms with Gasteiger partial charge in [-0.2, -0.15) is 13.9 Å². The van der Waals surface area contributed by atoms with Gasteiger partial charge in [0, 0.05) is 30.9 Å². The van der Waals surface area contributed by atoms with Crippen LogP contribution in [0, 0.1) is 0 Å². The highest BCUT2D eigenvalue weighted by molar-refractivity contribution is 6.33. The number of hydrogen-bond acceptors (Lipinski definition) is 5. The van der Waals surface area contributed by atoms with Crippen LogP contribution in [0.4, 0.5) is 25.0 Å². The summed E-state index contributed by atoms with van der Waals surface area (Å²) >= 11 is 5.99. The highest BCUT2D eigenvalue weighted by atomic mass is 35.5. The number of rotatable bonds is 5. The van der Waals surface area contributed by atoms with Gasteiger partial charge in [-0.05, 0) is 18.6 Å². The molecule has 0 spiro atoms. The second kappa shape index (κ2) is 8.21. The Morgan fingerprint density at radius 3 is 3.04 bits per heavy atom. The largest absolute Gasteiger partial charge is 0.435 e. The Kier molecular flexibility index (Phi) is 5.75. The van der Waals surface area contributed by atoms with Crippen LogP contribution in [-0.2, 0) is 0 Å². The number of ether oxygens (including phenoxy) is 1. The second-order valence-corrected chi connectivity index (χ2v) is 6.21. The lowest BCUT2D eigenvalue weighted by Crippen LogP contribution is -2.39. The molecule has 2 heterocycles. The standard InChI is InChI=1S/C16H16ClF2N5O3/c17-13-12(7-20-23-14(13)25)24-5-4-10(8-24)22-16(26)21-9-2-1-3-11(6-9)27-15(18)19/h1-3,6-7,10,15H,4-5,8H2,(H,23,25)(H2,21,22,26). The Bertz CT molecular complexity index is 879. The molecule has 144 valence electrons. The molecule has 0 radical (unpaired) electrons. The molecular weight excluding hydrogens is 384 g/mol. The molecule has 0 saturated carbocycles. The Labute approximate surface area is 157 Å². The zero-order valence-electron chi connectivity index (χ0n) is 13.9. The van der Waals surface area contributed by atoms with E-state index in [1.165, 1.54) is 24.4 Å². The maximum Gasteiger partial charge on any atom is 0.387 e. The first kappa shape index (κ1) is 18.9. The van der Waals surface area contributed by atoms with E-state index in [0.29, 0.717) is 30.9 Å². The number of nitrogens with one attached hydrogen (secondary N) is 3. The molecule has 27 heavy (non-hydrogen) atoms. The predicted octanol–water partition coefficient (Wildman–Crippen LogP) is 2.43. The molecule has 1 saturated heterocycles. The SMILES string of the molecule is O=C(Nc1cccc(OC(F)F)c1)NC1CCN(c2cn[nH]c(=O)c2Cl)C1. The number of aromatic nitrogens is 2. The molecule has 0 aliphatic carbocycles. The van der Waals surface area contributed by atoms with Gasteiger partial charge in [0.1, 0.15) is 10.8 Å². The molecule has 2 amide bonds. The van der Waals surface area contributed by atoms with Crippen molar-refractivity contribution < 1.29 is 18.3 Å². The maximum absolute atomic E-state index is 12.3. The van der Waals surface area contributed by atoms with Crippen molar-refractivity contribution in [1.82, 2.24) is 15.5 Å². The van der Waals surface area contributed by atoms with Crippen molar-refractivity contribution in [2.75, 3.05) is 23.3 Å². The number of amides is 2. The Morgan fingerprint density at radius 1 is 1.44 bits per heavy atom. The van der Waals surface area contributed by atoms with Crippen molar-refractivity contribution in [2.45, 2.75) is 19.1 Å². The van der Waals surface area contributed by atoms with Gasteiger partial charge in [0.05, 0.1) is 11.9 Å². The van der Waals surface area contributed by atoms with Crippen molar-refractivity contribution >= 4 is 29.0 Å². The number of hydrogen-bond donors (Lipinski definition) is 3. The van der Waals surface area contributed by atoms with Gasteiger partial charge in [-0.3, -0.25) is 4.79 Å². The third kappa shape index (κ3) is 4.85. The predicted molar refractivity (Wildman–Crippen MR) is 95.7 cm³/mol. The summed E-state index contributed by atoms with van der Waals surface area (Å²) in [5.41, 5.74) is 0.346. The van der Waals surface area contributed by atoms with E-state index in [1.54, 1.807) is 6.07 Å². The van der Waals surface area contributed by atoms with Crippen molar-refractivity contribution in [3.63, 3.8) is 0 Å². The van der Waals surface area contributed by atoms with E-state index < -0.39 is 18.2 Å². The van der Waals surface area contributed by atoms with Crippen molar-refractivity contribution in [1.29, 1.82) is 0 Å². The van der Waals surface area contributed by atoms with Gasteiger partial charge >= 0.3 is 12.6 Å². The first-order valence-electron chi connectivity index (χ1n) is 8.03. The first-order valence-corrected chi connectivity index (χ1v) is 8.40. The van der Waals surface area contributed by atoms with E-state index in [2.05, 4.69) is 25.6 Å². The van der Waals surface area contributed by atoms with Gasteiger partial charge in [0.15, 0.2) is 0 Å². The minimum Gasteiger partial charge on any atom is -0.435 e. The van der Waals surface area contributed by atoms with Gasteiger partial charge in [-0.15, -0.1) is 0 Å². The number of carbonyl (C=O) groups is 1. The highest BCUT2D eigenvalue weighted by Gasteiger charge is 2.26. The van der Waals surface area contributed by atoms with Crippen molar-refractivity contribution in [3.8, 4) is 5.75 Å².